The molecule has 0 aliphatic carbocycles. The number of aliphatic hydroxyl groups is 1. The number of likely N-dealkylation sites (N-methyl/N-ethyl adjacent to an activating group) is 1. The number of nitrogens with zero attached hydrogens (tertiary/aromatic N) is 1. The summed E-state index contributed by atoms with van der Waals surface area (Å²) in [6.45, 7) is 4.84. The van der Waals surface area contributed by atoms with Gasteiger partial charge in [0, 0.05) is 6.42 Å². The molecule has 0 aliphatic rings. The van der Waals surface area contributed by atoms with E-state index in [-0.39, 0.29) is 19.1 Å². The molecule has 3 unspecified atom stereocenters. The van der Waals surface area contributed by atoms with E-state index < -0.39 is 20.0 Å². The third-order valence-corrected chi connectivity index (χ3v) is 15.4. The van der Waals surface area contributed by atoms with E-state index >= 15 is 0 Å². The number of carbonyl (C=O) groups excluding carboxylic acids is 1. The van der Waals surface area contributed by atoms with Gasteiger partial charge in [0.25, 0.3) is 0 Å². The Bertz CT molecular complexity index is 1210. The summed E-state index contributed by atoms with van der Waals surface area (Å²) in [7, 11) is 1.57. The zero-order valence-corrected chi connectivity index (χ0v) is 49.1. The first-order chi connectivity index (χ1) is 34.5. The van der Waals surface area contributed by atoms with E-state index in [0.29, 0.717) is 17.4 Å². The second-order valence-corrected chi connectivity index (χ2v) is 24.2. The van der Waals surface area contributed by atoms with Gasteiger partial charge in [-0.15, -0.1) is 0 Å². The van der Waals surface area contributed by atoms with Crippen molar-refractivity contribution < 1.29 is 32.9 Å². The van der Waals surface area contributed by atoms with Gasteiger partial charge in [-0.3, -0.25) is 13.8 Å². The average molecular weight is 1020 g/mol. The molecule has 0 aromatic rings. The van der Waals surface area contributed by atoms with Gasteiger partial charge in [-0.1, -0.05) is 301 Å². The summed E-state index contributed by atoms with van der Waals surface area (Å²) in [4.78, 5) is 23.3. The van der Waals surface area contributed by atoms with E-state index in [1.54, 1.807) is 6.08 Å². The maximum absolute atomic E-state index is 13.0. The Labute approximate surface area is 443 Å². The lowest BCUT2D eigenvalue weighted by Crippen LogP contribution is -2.45. The highest BCUT2D eigenvalue weighted by Gasteiger charge is 2.27. The van der Waals surface area contributed by atoms with Crippen molar-refractivity contribution in [3.63, 3.8) is 0 Å². The zero-order valence-electron chi connectivity index (χ0n) is 48.2. The Balaban J connectivity index is 4.00. The number of amides is 1. The van der Waals surface area contributed by atoms with Crippen LogP contribution in [0.15, 0.2) is 24.3 Å². The molecule has 0 bridgehead atoms. The summed E-state index contributed by atoms with van der Waals surface area (Å²) in [5.41, 5.74) is 0. The van der Waals surface area contributed by atoms with Crippen molar-refractivity contribution in [2.75, 3.05) is 40.9 Å². The lowest BCUT2D eigenvalue weighted by Gasteiger charge is -2.25. The number of nitrogens with one attached hydrogen (secondary N) is 1. The van der Waals surface area contributed by atoms with Gasteiger partial charge in [-0.25, -0.2) is 4.57 Å². The van der Waals surface area contributed by atoms with Crippen molar-refractivity contribution in [2.45, 2.75) is 328 Å². The number of hydrogen-bond acceptors (Lipinski definition) is 5. The molecule has 0 aromatic carbocycles. The molecule has 1 amide bonds. The molecule has 8 nitrogen and oxygen atoms in total. The summed E-state index contributed by atoms with van der Waals surface area (Å²) < 4.78 is 23.7. The van der Waals surface area contributed by atoms with Crippen LogP contribution < -0.4 is 5.32 Å². The second kappa shape index (κ2) is 53.8. The van der Waals surface area contributed by atoms with Gasteiger partial charge in [0.1, 0.15) is 13.2 Å². The normalized spacial score (nSPS) is 14.0. The molecule has 0 fully saturated rings. The molecule has 9 heteroatoms. The van der Waals surface area contributed by atoms with Crippen LogP contribution in [0.3, 0.4) is 0 Å². The number of phosphoric ester groups is 1. The standard InChI is InChI=1S/C62H123N2O6P/c1-6-8-10-12-14-16-18-20-22-24-25-26-27-28-29-30-31-32-33-34-35-36-37-38-39-40-42-44-46-48-50-52-54-56-62(66)63-60(59-70-71(67,68)69-58-57-64(3,4)5)61(65)55-53-51-49-47-45-43-41-23-21-19-17-15-13-11-9-7-2/h45,47,53,55,60-61,65H,6-44,46,48-52,54,56-59H2,1-5H3,(H-,63,66,67,68)/p+1/b47-45+,55-53+. The summed E-state index contributed by atoms with van der Waals surface area (Å²) in [5.74, 6) is -0.180. The summed E-state index contributed by atoms with van der Waals surface area (Å²) in [6, 6.07) is -0.860. The van der Waals surface area contributed by atoms with Crippen LogP contribution in [0.5, 0.6) is 0 Å². The largest absolute Gasteiger partial charge is 0.472 e. The van der Waals surface area contributed by atoms with E-state index in [0.717, 1.165) is 38.5 Å². The molecular formula is C62H124N2O6P+. The number of aliphatic hydroxyl groups excluding tert-OH is 1. The van der Waals surface area contributed by atoms with Crippen molar-refractivity contribution in [3.8, 4) is 0 Å². The van der Waals surface area contributed by atoms with Crippen LogP contribution >= 0.6 is 7.82 Å². The van der Waals surface area contributed by atoms with Crippen LogP contribution in [0, 0.1) is 0 Å². The van der Waals surface area contributed by atoms with Crippen molar-refractivity contribution in [2.24, 2.45) is 0 Å². The first kappa shape index (κ1) is 70.0. The quantitative estimate of drug-likeness (QED) is 0.0243. The molecule has 3 atom stereocenters. The highest BCUT2D eigenvalue weighted by atomic mass is 31.2. The number of phosphoric acid groups is 1. The average Bonchev–Trinajstić information content (AvgIpc) is 3.33. The minimum absolute atomic E-state index is 0.0587. The Kier molecular flexibility index (Phi) is 53.0. The number of unbranched alkanes of at least 4 members (excludes halogenated alkanes) is 43. The van der Waals surface area contributed by atoms with Crippen LogP contribution in [0.1, 0.15) is 316 Å². The van der Waals surface area contributed by atoms with Gasteiger partial charge < -0.3 is 19.8 Å². The van der Waals surface area contributed by atoms with Gasteiger partial charge in [0.15, 0.2) is 0 Å². The van der Waals surface area contributed by atoms with E-state index in [1.807, 2.05) is 27.2 Å². The van der Waals surface area contributed by atoms with Crippen LogP contribution in [0.2, 0.25) is 0 Å². The maximum atomic E-state index is 13.0. The van der Waals surface area contributed by atoms with E-state index in [4.69, 9.17) is 9.05 Å². The fourth-order valence-electron chi connectivity index (χ4n) is 9.53. The highest BCUT2D eigenvalue weighted by molar-refractivity contribution is 7.47. The molecule has 3 N–H and O–H groups in total. The molecule has 71 heavy (non-hydrogen) atoms. The first-order valence-corrected chi connectivity index (χ1v) is 32.7. The SMILES string of the molecule is CCCCCCCCCCCC/C=C/CC/C=C/C(O)C(COP(=O)(O)OCC[N+](C)(C)C)NC(=O)CCCCCCCCCCCCCCCCCCCCCCCCCCCCCCCCCCC. The van der Waals surface area contributed by atoms with Gasteiger partial charge in [-0.05, 0) is 32.1 Å². The van der Waals surface area contributed by atoms with Crippen LogP contribution in [-0.4, -0.2) is 73.4 Å². The van der Waals surface area contributed by atoms with Crippen LogP contribution in [-0.2, 0) is 18.4 Å². The Morgan fingerprint density at radius 3 is 1.13 bits per heavy atom. The number of carbonyl (C=O) groups is 1. The zero-order chi connectivity index (χ0) is 52.0. The lowest BCUT2D eigenvalue weighted by atomic mass is 10.0. The second-order valence-electron chi connectivity index (χ2n) is 22.8. The third-order valence-electron chi connectivity index (χ3n) is 14.4. The molecule has 0 aromatic heterocycles. The van der Waals surface area contributed by atoms with E-state index in [9.17, 15) is 19.4 Å². The topological polar surface area (TPSA) is 105 Å². The Hall–Kier alpha value is -1.02. The monoisotopic (exact) mass is 1020 g/mol. The van der Waals surface area contributed by atoms with Gasteiger partial charge >= 0.3 is 7.82 Å². The number of hydrogen-bond donors (Lipinski definition) is 3. The molecule has 0 spiro atoms. The fraction of sp³-hybridized carbons (Fsp3) is 0.919. The molecule has 0 radical (unpaired) electrons. The Morgan fingerprint density at radius 1 is 0.465 bits per heavy atom. The minimum atomic E-state index is -4.35. The molecule has 0 rings (SSSR count). The third kappa shape index (κ3) is 56.5. The number of allylic oxidation sites excluding steroid dienone is 3. The van der Waals surface area contributed by atoms with Crippen molar-refractivity contribution >= 4 is 13.7 Å². The van der Waals surface area contributed by atoms with Gasteiger partial charge in [0.05, 0.1) is 39.9 Å². The highest BCUT2D eigenvalue weighted by Crippen LogP contribution is 2.43. The summed E-state index contributed by atoms with van der Waals surface area (Å²) >= 11 is 0. The Morgan fingerprint density at radius 2 is 0.775 bits per heavy atom. The molecule has 0 aliphatic heterocycles. The molecule has 0 saturated heterocycles. The van der Waals surface area contributed by atoms with Crippen LogP contribution in [0.4, 0.5) is 0 Å². The molecular weight excluding hydrogens is 900 g/mol. The maximum Gasteiger partial charge on any atom is 0.472 e. The van der Waals surface area contributed by atoms with Crippen LogP contribution in [0.25, 0.3) is 0 Å². The smallest absolute Gasteiger partial charge is 0.387 e. The molecule has 422 valence electrons. The van der Waals surface area contributed by atoms with Gasteiger partial charge in [-0.2, -0.15) is 0 Å². The van der Waals surface area contributed by atoms with Crippen molar-refractivity contribution in [1.29, 1.82) is 0 Å². The predicted octanol–water partition coefficient (Wildman–Crippen LogP) is 19.2. The fourth-order valence-corrected chi connectivity index (χ4v) is 10.3. The van der Waals surface area contributed by atoms with Crippen molar-refractivity contribution in [1.82, 2.24) is 5.32 Å². The van der Waals surface area contributed by atoms with Gasteiger partial charge in [0.2, 0.25) is 5.91 Å². The molecule has 0 heterocycles. The molecule has 0 saturated carbocycles. The summed E-state index contributed by atoms with van der Waals surface area (Å²) in [6.07, 6.45) is 68.9. The van der Waals surface area contributed by atoms with E-state index in [1.165, 1.54) is 257 Å². The van der Waals surface area contributed by atoms with E-state index in [2.05, 4.69) is 31.3 Å². The van der Waals surface area contributed by atoms with Crippen molar-refractivity contribution in [3.05, 3.63) is 24.3 Å². The predicted molar refractivity (Wildman–Crippen MR) is 309 cm³/mol. The summed E-state index contributed by atoms with van der Waals surface area (Å²) in [5, 5.41) is 13.9. The lowest BCUT2D eigenvalue weighted by molar-refractivity contribution is -0.870. The minimum Gasteiger partial charge on any atom is -0.387 e. The first-order valence-electron chi connectivity index (χ1n) is 31.2. The number of quaternary nitrogens is 1. The number of rotatable bonds is 58.